The van der Waals surface area contributed by atoms with Crippen molar-refractivity contribution in [3.63, 3.8) is 0 Å². The lowest BCUT2D eigenvalue weighted by Crippen LogP contribution is -2.51. The molecule has 0 bridgehead atoms. The van der Waals surface area contributed by atoms with Crippen LogP contribution in [0.15, 0.2) is 24.3 Å². The second kappa shape index (κ2) is 12.6. The Bertz CT molecular complexity index is 872. The van der Waals surface area contributed by atoms with E-state index in [1.54, 1.807) is 0 Å². The molecule has 176 valence electrons. The van der Waals surface area contributed by atoms with Crippen LogP contribution in [0.3, 0.4) is 0 Å². The van der Waals surface area contributed by atoms with Crippen LogP contribution < -0.4 is 21.7 Å². The number of rotatable bonds is 10. The Hall–Kier alpha value is -1.61. The lowest BCUT2D eigenvalue weighted by molar-refractivity contribution is 0.251. The summed E-state index contributed by atoms with van der Waals surface area (Å²) in [4.78, 5) is 13.2. The van der Waals surface area contributed by atoms with Crippen LogP contribution >= 0.6 is 46.4 Å². The lowest BCUT2D eigenvalue weighted by atomic mass is 9.99. The van der Waals surface area contributed by atoms with Crippen molar-refractivity contribution < 1.29 is 15.0 Å². The molecule has 0 spiro atoms. The highest BCUT2D eigenvalue weighted by Crippen LogP contribution is 2.34. The first-order valence-corrected chi connectivity index (χ1v) is 12.0. The fraction of sp³-hybridized carbons (Fsp3) is 0.381. The fourth-order valence-corrected chi connectivity index (χ4v) is 4.36. The van der Waals surface area contributed by atoms with E-state index in [2.05, 4.69) is 0 Å². The number of urea groups is 1. The summed E-state index contributed by atoms with van der Waals surface area (Å²) in [6.07, 6.45) is 1.47. The standard InChI is InChI=1S/C21H26Cl4N4O3/c22-9-5-13-15(7-11-24)19(30)3-1-17(13)28(26)21(32)29(27)18-2-4-20(31)16(8-12-25)14(18)6-10-23/h1-4,30-31H,5-12,26-27H2. The Morgan fingerprint density at radius 3 is 1.28 bits per heavy atom. The van der Waals surface area contributed by atoms with E-state index in [9.17, 15) is 15.0 Å². The molecule has 0 atom stereocenters. The van der Waals surface area contributed by atoms with Crippen LogP contribution in [-0.2, 0) is 25.7 Å². The number of carbonyl (C=O) groups is 1. The van der Waals surface area contributed by atoms with Crippen LogP contribution in [-0.4, -0.2) is 39.8 Å². The predicted octanol–water partition coefficient (Wildman–Crippen LogP) is 4.40. The maximum Gasteiger partial charge on any atom is 0.357 e. The average Bonchev–Trinajstić information content (AvgIpc) is 2.77. The van der Waals surface area contributed by atoms with E-state index in [4.69, 9.17) is 58.1 Å². The van der Waals surface area contributed by atoms with Gasteiger partial charge >= 0.3 is 6.03 Å². The molecule has 2 aromatic carbocycles. The average molecular weight is 524 g/mol. The zero-order valence-corrected chi connectivity index (χ0v) is 20.4. The highest BCUT2D eigenvalue weighted by Gasteiger charge is 2.26. The number of phenolic OH excluding ortho intramolecular Hbond substituents is 2. The van der Waals surface area contributed by atoms with Crippen molar-refractivity contribution in [2.75, 3.05) is 33.5 Å². The number of hydrazine groups is 2. The van der Waals surface area contributed by atoms with E-state index in [0.29, 0.717) is 59.3 Å². The molecule has 0 saturated heterocycles. The topological polar surface area (TPSA) is 116 Å². The van der Waals surface area contributed by atoms with Gasteiger partial charge in [-0.05, 0) is 61.1 Å². The smallest absolute Gasteiger partial charge is 0.357 e. The minimum atomic E-state index is -0.735. The van der Waals surface area contributed by atoms with Crippen LogP contribution in [0.2, 0.25) is 0 Å². The van der Waals surface area contributed by atoms with Gasteiger partial charge in [-0.3, -0.25) is 0 Å². The molecule has 7 nitrogen and oxygen atoms in total. The van der Waals surface area contributed by atoms with Crippen molar-refractivity contribution in [3.05, 3.63) is 46.5 Å². The first-order valence-electron chi connectivity index (χ1n) is 9.87. The third kappa shape index (κ3) is 5.84. The zero-order chi connectivity index (χ0) is 23.8. The van der Waals surface area contributed by atoms with Crippen molar-refractivity contribution in [1.82, 2.24) is 0 Å². The molecule has 0 heterocycles. The van der Waals surface area contributed by atoms with Gasteiger partial charge in [-0.15, -0.1) is 46.4 Å². The largest absolute Gasteiger partial charge is 0.508 e. The van der Waals surface area contributed by atoms with Crippen LogP contribution in [0.4, 0.5) is 16.2 Å². The van der Waals surface area contributed by atoms with Crippen molar-refractivity contribution in [1.29, 1.82) is 0 Å². The molecule has 0 fully saturated rings. The van der Waals surface area contributed by atoms with Crippen LogP contribution in [0, 0.1) is 0 Å². The van der Waals surface area contributed by atoms with E-state index in [1.807, 2.05) is 0 Å². The Balaban J connectivity index is 2.50. The van der Waals surface area contributed by atoms with E-state index in [1.165, 1.54) is 24.3 Å². The highest BCUT2D eigenvalue weighted by molar-refractivity contribution is 6.19. The number of nitrogens with zero attached hydrogens (tertiary/aromatic N) is 2. The van der Waals surface area contributed by atoms with Gasteiger partial charge in [0.25, 0.3) is 0 Å². The lowest BCUT2D eigenvalue weighted by Gasteiger charge is -2.28. The summed E-state index contributed by atoms with van der Waals surface area (Å²) in [7, 11) is 0. The number of carbonyl (C=O) groups excluding carboxylic acids is 1. The molecule has 32 heavy (non-hydrogen) atoms. The third-order valence-electron chi connectivity index (χ3n) is 5.07. The van der Waals surface area contributed by atoms with Gasteiger partial charge in [-0.25, -0.2) is 26.5 Å². The van der Waals surface area contributed by atoms with Crippen molar-refractivity contribution >= 4 is 63.8 Å². The molecule has 0 unspecified atom stereocenters. The number of benzene rings is 2. The maximum atomic E-state index is 13.2. The normalized spacial score (nSPS) is 10.9. The quantitative estimate of drug-likeness (QED) is 0.159. The number of alkyl halides is 4. The Kier molecular flexibility index (Phi) is 10.5. The van der Waals surface area contributed by atoms with Gasteiger partial charge in [0, 0.05) is 34.6 Å². The number of anilines is 2. The number of aromatic hydroxyl groups is 2. The molecule has 0 aromatic heterocycles. The van der Waals surface area contributed by atoms with Gasteiger partial charge < -0.3 is 10.2 Å². The van der Waals surface area contributed by atoms with Crippen LogP contribution in [0.25, 0.3) is 0 Å². The zero-order valence-electron chi connectivity index (χ0n) is 17.3. The number of halogens is 4. The molecule has 0 aliphatic rings. The van der Waals surface area contributed by atoms with Gasteiger partial charge in [0.05, 0.1) is 11.4 Å². The van der Waals surface area contributed by atoms with Crippen molar-refractivity contribution in [2.24, 2.45) is 11.7 Å². The van der Waals surface area contributed by atoms with E-state index in [-0.39, 0.29) is 35.0 Å². The molecule has 2 amide bonds. The molecule has 0 aliphatic carbocycles. The van der Waals surface area contributed by atoms with Gasteiger partial charge in [-0.1, -0.05) is 0 Å². The third-order valence-corrected chi connectivity index (χ3v) is 5.83. The summed E-state index contributed by atoms with van der Waals surface area (Å²) in [5.41, 5.74) is 3.06. The molecule has 2 rings (SSSR count). The molecule has 0 radical (unpaired) electrons. The summed E-state index contributed by atoms with van der Waals surface area (Å²) < 4.78 is 0. The van der Waals surface area contributed by atoms with Gasteiger partial charge in [0.2, 0.25) is 0 Å². The summed E-state index contributed by atoms with van der Waals surface area (Å²) in [5, 5.41) is 22.3. The van der Waals surface area contributed by atoms with Gasteiger partial charge in [0.1, 0.15) is 11.5 Å². The number of nitrogens with two attached hydrogens (primary N) is 2. The highest BCUT2D eigenvalue weighted by atomic mass is 35.5. The summed E-state index contributed by atoms with van der Waals surface area (Å²) >= 11 is 23.7. The van der Waals surface area contributed by atoms with E-state index < -0.39 is 6.03 Å². The molecular formula is C21H26Cl4N4O3. The van der Waals surface area contributed by atoms with E-state index >= 15 is 0 Å². The first-order chi connectivity index (χ1) is 15.3. The summed E-state index contributed by atoms with van der Waals surface area (Å²) in [6, 6.07) is 5.20. The molecule has 2 aromatic rings. The fourth-order valence-electron chi connectivity index (χ4n) is 3.60. The minimum absolute atomic E-state index is 0.0496. The number of hydrogen-bond acceptors (Lipinski definition) is 5. The number of hydrogen-bond donors (Lipinski definition) is 4. The molecule has 11 heteroatoms. The second-order valence-corrected chi connectivity index (χ2v) is 8.41. The van der Waals surface area contributed by atoms with Crippen molar-refractivity contribution in [3.8, 4) is 11.5 Å². The summed E-state index contributed by atoms with van der Waals surface area (Å²) in [5.74, 6) is 13.5. The van der Waals surface area contributed by atoms with Crippen LogP contribution in [0.5, 0.6) is 11.5 Å². The first kappa shape index (κ1) is 26.6. The molecular weight excluding hydrogens is 498 g/mol. The van der Waals surface area contributed by atoms with Gasteiger partial charge in [0.15, 0.2) is 0 Å². The maximum absolute atomic E-state index is 13.2. The Labute approximate surface area is 207 Å². The van der Waals surface area contributed by atoms with E-state index in [0.717, 1.165) is 10.0 Å². The monoisotopic (exact) mass is 522 g/mol. The van der Waals surface area contributed by atoms with Gasteiger partial charge in [-0.2, -0.15) is 0 Å². The minimum Gasteiger partial charge on any atom is -0.508 e. The Morgan fingerprint density at radius 2 is 0.969 bits per heavy atom. The molecule has 0 saturated carbocycles. The number of phenols is 2. The SMILES string of the molecule is NN(C(=O)N(N)c1ccc(O)c(CCCl)c1CCCl)c1ccc(O)c(CCCl)c1CCCl. The number of amides is 2. The second-order valence-electron chi connectivity index (χ2n) is 6.90. The Morgan fingerprint density at radius 1 is 0.656 bits per heavy atom. The molecule has 6 N–H and O–H groups in total. The molecule has 0 aliphatic heterocycles. The summed E-state index contributed by atoms with van der Waals surface area (Å²) in [6.45, 7) is 0. The van der Waals surface area contributed by atoms with Crippen molar-refractivity contribution in [2.45, 2.75) is 25.7 Å². The predicted molar refractivity (Wildman–Crippen MR) is 133 cm³/mol. The van der Waals surface area contributed by atoms with Crippen LogP contribution in [0.1, 0.15) is 22.3 Å².